The fraction of sp³-hybridized carbons (Fsp3) is 0.312. The molecule has 1 unspecified atom stereocenters. The number of carbonyl (C=O) groups excluding carboxylic acids is 2. The van der Waals surface area contributed by atoms with E-state index in [1.165, 1.54) is 18.2 Å². The standard InChI is InChI=1S/C16H15F2NO5S/c17-11-2-1-3-12(14(18)9-11)10-4-5-15(20)13(8-10)16(21)19-6-7-25(22,23)24/h1,3,8-10H,4-7H2,(H,19,21)(H,22,23,24). The first-order valence-electron chi connectivity index (χ1n) is 7.35. The van der Waals surface area contributed by atoms with E-state index < -0.39 is 45.1 Å². The molecule has 2 aliphatic carbocycles. The average Bonchev–Trinajstić information content (AvgIpc) is 2.67. The molecule has 0 bridgehead atoms. The molecular formula is C16H15F2NO5S. The van der Waals surface area contributed by atoms with Crippen molar-refractivity contribution >= 4 is 21.8 Å². The van der Waals surface area contributed by atoms with Crippen molar-refractivity contribution in [3.8, 4) is 0 Å². The molecule has 0 spiro atoms. The summed E-state index contributed by atoms with van der Waals surface area (Å²) in [5.41, 5.74) is 2.11. The molecule has 25 heavy (non-hydrogen) atoms. The summed E-state index contributed by atoms with van der Waals surface area (Å²) in [7, 11) is -4.24. The summed E-state index contributed by atoms with van der Waals surface area (Å²) in [5.74, 6) is -4.26. The molecule has 134 valence electrons. The normalized spacial score (nSPS) is 20.9. The second-order valence-corrected chi connectivity index (χ2v) is 7.04. The van der Waals surface area contributed by atoms with E-state index in [1.807, 2.05) is 0 Å². The maximum atomic E-state index is 14.1. The molecule has 2 aliphatic rings. The van der Waals surface area contributed by atoms with E-state index in [9.17, 15) is 26.8 Å². The van der Waals surface area contributed by atoms with Crippen LogP contribution in [0.2, 0.25) is 0 Å². The summed E-state index contributed by atoms with van der Waals surface area (Å²) in [4.78, 5) is 24.0. The van der Waals surface area contributed by atoms with Gasteiger partial charge in [0.2, 0.25) is 0 Å². The van der Waals surface area contributed by atoms with Crippen LogP contribution in [0.15, 0.2) is 52.8 Å². The van der Waals surface area contributed by atoms with Crippen LogP contribution in [0.5, 0.6) is 0 Å². The number of hydrogen-bond acceptors (Lipinski definition) is 4. The van der Waals surface area contributed by atoms with Crippen LogP contribution in [0.3, 0.4) is 0 Å². The van der Waals surface area contributed by atoms with Crippen molar-refractivity contribution in [1.82, 2.24) is 5.32 Å². The molecule has 0 saturated carbocycles. The van der Waals surface area contributed by atoms with Gasteiger partial charge in [-0.2, -0.15) is 12.8 Å². The first-order valence-corrected chi connectivity index (χ1v) is 8.96. The molecule has 0 aliphatic heterocycles. The largest absolute Gasteiger partial charge is 0.351 e. The Kier molecular flexibility index (Phi) is 5.84. The predicted octanol–water partition coefficient (Wildman–Crippen LogP) is 1.70. The van der Waals surface area contributed by atoms with Gasteiger partial charge in [-0.05, 0) is 24.1 Å². The Bertz CT molecular complexity index is 861. The Morgan fingerprint density at radius 1 is 1.40 bits per heavy atom. The van der Waals surface area contributed by atoms with E-state index in [4.69, 9.17) is 4.55 Å². The van der Waals surface area contributed by atoms with Crippen molar-refractivity contribution in [2.24, 2.45) is 5.92 Å². The van der Waals surface area contributed by atoms with Crippen LogP contribution in [0.4, 0.5) is 8.78 Å². The van der Waals surface area contributed by atoms with Crippen LogP contribution >= 0.6 is 0 Å². The molecule has 2 rings (SSSR count). The lowest BCUT2D eigenvalue weighted by atomic mass is 9.83. The number of ketones is 1. The number of carbonyl (C=O) groups is 2. The predicted molar refractivity (Wildman–Crippen MR) is 85.2 cm³/mol. The van der Waals surface area contributed by atoms with Gasteiger partial charge in [-0.25, -0.2) is 4.39 Å². The quantitative estimate of drug-likeness (QED) is 0.435. The number of amides is 1. The molecule has 2 N–H and O–H groups in total. The third kappa shape index (κ3) is 5.32. The van der Waals surface area contributed by atoms with E-state index in [0.29, 0.717) is 6.08 Å². The third-order valence-electron chi connectivity index (χ3n) is 3.65. The first-order chi connectivity index (χ1) is 11.7. The molecular weight excluding hydrogens is 356 g/mol. The number of halogens is 2. The van der Waals surface area contributed by atoms with Crippen molar-refractivity contribution in [2.75, 3.05) is 12.3 Å². The topological polar surface area (TPSA) is 101 Å². The molecule has 0 radical (unpaired) electrons. The van der Waals surface area contributed by atoms with Gasteiger partial charge in [-0.15, -0.1) is 0 Å². The summed E-state index contributed by atoms with van der Waals surface area (Å²) >= 11 is 0. The highest BCUT2D eigenvalue weighted by atomic mass is 32.2. The lowest BCUT2D eigenvalue weighted by molar-refractivity contribution is -0.123. The van der Waals surface area contributed by atoms with Gasteiger partial charge in [0.05, 0.1) is 11.3 Å². The molecule has 0 saturated heterocycles. The zero-order chi connectivity index (χ0) is 18.6. The number of nitrogens with one attached hydrogen (secondary N) is 1. The highest BCUT2D eigenvalue weighted by molar-refractivity contribution is 7.85. The second-order valence-electron chi connectivity index (χ2n) is 5.46. The number of hydrogen-bond donors (Lipinski definition) is 2. The minimum atomic E-state index is -4.24. The van der Waals surface area contributed by atoms with Crippen molar-refractivity contribution in [1.29, 1.82) is 0 Å². The van der Waals surface area contributed by atoms with E-state index in [1.54, 1.807) is 0 Å². The summed E-state index contributed by atoms with van der Waals surface area (Å²) < 4.78 is 57.1. The maximum Gasteiger partial charge on any atom is 0.266 e. The fourth-order valence-electron chi connectivity index (χ4n) is 2.46. The molecule has 0 aromatic carbocycles. The fourth-order valence-corrected chi connectivity index (χ4v) is 2.82. The average molecular weight is 371 g/mol. The second kappa shape index (κ2) is 7.69. The third-order valence-corrected chi connectivity index (χ3v) is 4.37. The Labute approximate surface area is 143 Å². The van der Waals surface area contributed by atoms with Crippen molar-refractivity contribution in [2.45, 2.75) is 12.8 Å². The van der Waals surface area contributed by atoms with Crippen LogP contribution in [0.1, 0.15) is 12.8 Å². The van der Waals surface area contributed by atoms with Crippen LogP contribution in [0.25, 0.3) is 0 Å². The lowest BCUT2D eigenvalue weighted by Gasteiger charge is -2.21. The minimum Gasteiger partial charge on any atom is -0.351 e. The van der Waals surface area contributed by atoms with Gasteiger partial charge in [-0.3, -0.25) is 14.1 Å². The molecule has 0 aromatic heterocycles. The summed E-state index contributed by atoms with van der Waals surface area (Å²) in [6, 6.07) is 0. The van der Waals surface area contributed by atoms with Gasteiger partial charge in [0, 0.05) is 25.0 Å². The van der Waals surface area contributed by atoms with Crippen molar-refractivity contribution in [3.63, 3.8) is 0 Å². The number of allylic oxidation sites excluding steroid dienone is 6. The van der Waals surface area contributed by atoms with Gasteiger partial charge in [0.15, 0.2) is 11.6 Å². The summed E-state index contributed by atoms with van der Waals surface area (Å²) in [5, 5.41) is 2.21. The smallest absolute Gasteiger partial charge is 0.266 e. The minimum absolute atomic E-state index is 0.00748. The van der Waals surface area contributed by atoms with Crippen LogP contribution in [0, 0.1) is 5.92 Å². The zero-order valence-corrected chi connectivity index (χ0v) is 13.8. The van der Waals surface area contributed by atoms with Gasteiger partial charge < -0.3 is 5.32 Å². The molecule has 1 atom stereocenters. The van der Waals surface area contributed by atoms with Crippen LogP contribution < -0.4 is 5.32 Å². The van der Waals surface area contributed by atoms with Gasteiger partial charge in [0.1, 0.15) is 5.83 Å². The monoisotopic (exact) mass is 371 g/mol. The molecule has 0 heterocycles. The Balaban J connectivity index is 2.17. The molecule has 0 fully saturated rings. The first kappa shape index (κ1) is 19.0. The Morgan fingerprint density at radius 3 is 2.80 bits per heavy atom. The SMILES string of the molecule is O=C1CCC(C2=CC=C=C(F)C=C2F)C=C1C(=O)NCCS(=O)(=O)O. The van der Waals surface area contributed by atoms with Gasteiger partial charge in [-0.1, -0.05) is 11.8 Å². The maximum absolute atomic E-state index is 14.1. The highest BCUT2D eigenvalue weighted by Crippen LogP contribution is 2.32. The van der Waals surface area contributed by atoms with Crippen molar-refractivity contribution < 1.29 is 31.3 Å². The molecule has 0 aromatic rings. The summed E-state index contributed by atoms with van der Waals surface area (Å²) in [6.07, 6.45) is 4.74. The van der Waals surface area contributed by atoms with E-state index in [2.05, 4.69) is 11.0 Å². The molecule has 9 heteroatoms. The molecule has 6 nitrogen and oxygen atoms in total. The lowest BCUT2D eigenvalue weighted by Crippen LogP contribution is -2.34. The summed E-state index contributed by atoms with van der Waals surface area (Å²) in [6.45, 7) is -0.373. The Morgan fingerprint density at radius 2 is 2.12 bits per heavy atom. The number of Topliss-reactive ketones (excluding diaryl/α,β-unsaturated/α-hetero) is 1. The van der Waals surface area contributed by atoms with Crippen LogP contribution in [-0.4, -0.2) is 37.0 Å². The Hall–Kier alpha value is -2.35. The van der Waals surface area contributed by atoms with Crippen LogP contribution in [-0.2, 0) is 19.7 Å². The van der Waals surface area contributed by atoms with Gasteiger partial charge >= 0.3 is 0 Å². The van der Waals surface area contributed by atoms with E-state index in [-0.39, 0.29) is 30.5 Å². The molecule has 1 amide bonds. The zero-order valence-electron chi connectivity index (χ0n) is 13.0. The highest BCUT2D eigenvalue weighted by Gasteiger charge is 2.28. The van der Waals surface area contributed by atoms with E-state index >= 15 is 0 Å². The number of rotatable bonds is 5. The van der Waals surface area contributed by atoms with Crippen molar-refractivity contribution in [3.05, 3.63) is 52.8 Å². The van der Waals surface area contributed by atoms with Gasteiger partial charge in [0.25, 0.3) is 16.0 Å². The van der Waals surface area contributed by atoms with E-state index in [0.717, 1.165) is 0 Å².